The van der Waals surface area contributed by atoms with E-state index in [1.165, 1.54) is 0 Å². The van der Waals surface area contributed by atoms with Gasteiger partial charge >= 0.3 is 0 Å². The summed E-state index contributed by atoms with van der Waals surface area (Å²) in [6.07, 6.45) is 0. The average molecular weight is 334 g/mol. The number of nitrogens with one attached hydrogen (secondary N) is 1. The monoisotopic (exact) mass is 333 g/mol. The van der Waals surface area contributed by atoms with Crippen molar-refractivity contribution in [3.05, 3.63) is 64.1 Å². The molecule has 0 spiro atoms. The van der Waals surface area contributed by atoms with Crippen LogP contribution >= 0.6 is 15.9 Å². The van der Waals surface area contributed by atoms with Gasteiger partial charge in [0.05, 0.1) is 5.69 Å². The Morgan fingerprint density at radius 2 is 1.70 bits per heavy atom. The molecule has 2 rings (SSSR count). The van der Waals surface area contributed by atoms with Crippen molar-refractivity contribution in [2.75, 3.05) is 5.32 Å². The highest BCUT2D eigenvalue weighted by Crippen LogP contribution is 2.21. The molecule has 0 aliphatic rings. The predicted octanol–water partition coefficient (Wildman–Crippen LogP) is 2.80. The molecule has 0 aliphatic heterocycles. The van der Waals surface area contributed by atoms with E-state index in [4.69, 9.17) is 10.9 Å². The largest absolute Gasteiger partial charge is 0.409 e. The number of oxime groups is 1. The molecule has 0 saturated carbocycles. The van der Waals surface area contributed by atoms with E-state index in [1.807, 2.05) is 18.2 Å². The predicted molar refractivity (Wildman–Crippen MR) is 81.0 cm³/mol. The fraction of sp³-hybridized carbons (Fsp3) is 0. The Morgan fingerprint density at radius 1 is 1.10 bits per heavy atom. The minimum absolute atomic E-state index is 0.00256. The lowest BCUT2D eigenvalue weighted by atomic mass is 10.1. The lowest BCUT2D eigenvalue weighted by Crippen LogP contribution is -2.15. The first-order valence-corrected chi connectivity index (χ1v) is 6.55. The van der Waals surface area contributed by atoms with Crippen LogP contribution in [0.15, 0.2) is 58.2 Å². The summed E-state index contributed by atoms with van der Waals surface area (Å²) in [7, 11) is 0. The molecule has 2 aromatic carbocycles. The maximum absolute atomic E-state index is 12.1. The van der Waals surface area contributed by atoms with Gasteiger partial charge in [-0.25, -0.2) is 0 Å². The number of nitrogens with two attached hydrogens (primary N) is 1. The number of nitrogens with zero attached hydrogens (tertiary/aromatic N) is 1. The molecule has 5 nitrogen and oxygen atoms in total. The van der Waals surface area contributed by atoms with Gasteiger partial charge < -0.3 is 16.3 Å². The van der Waals surface area contributed by atoms with E-state index in [9.17, 15) is 4.79 Å². The Balaban J connectivity index is 2.16. The second-order valence-electron chi connectivity index (χ2n) is 4.00. The van der Waals surface area contributed by atoms with Gasteiger partial charge in [-0.3, -0.25) is 4.79 Å². The topological polar surface area (TPSA) is 87.7 Å². The lowest BCUT2D eigenvalue weighted by Gasteiger charge is -2.07. The minimum Gasteiger partial charge on any atom is -0.409 e. The first-order valence-electron chi connectivity index (χ1n) is 5.75. The summed E-state index contributed by atoms with van der Waals surface area (Å²) in [5.74, 6) is -0.231. The number of rotatable bonds is 3. The van der Waals surface area contributed by atoms with Gasteiger partial charge in [0, 0.05) is 15.6 Å². The number of para-hydroxylation sites is 1. The lowest BCUT2D eigenvalue weighted by molar-refractivity contribution is 0.102. The van der Waals surface area contributed by atoms with Crippen LogP contribution in [0.25, 0.3) is 0 Å². The van der Waals surface area contributed by atoms with Gasteiger partial charge in [0.2, 0.25) is 0 Å². The first-order chi connectivity index (χ1) is 9.61. The molecule has 4 N–H and O–H groups in total. The van der Waals surface area contributed by atoms with Crippen molar-refractivity contribution >= 4 is 33.4 Å². The zero-order chi connectivity index (χ0) is 14.5. The number of hydrogen-bond donors (Lipinski definition) is 3. The summed E-state index contributed by atoms with van der Waals surface area (Å²) in [4.78, 5) is 12.1. The van der Waals surface area contributed by atoms with Crippen molar-refractivity contribution in [1.29, 1.82) is 0 Å². The molecule has 0 heterocycles. The summed E-state index contributed by atoms with van der Waals surface area (Å²) in [6.45, 7) is 0. The SMILES string of the molecule is N/C(=N\O)c1ccc(C(=O)Nc2ccccc2Br)cc1. The Kier molecular flexibility index (Phi) is 4.37. The van der Waals surface area contributed by atoms with E-state index >= 15 is 0 Å². The molecular weight excluding hydrogens is 322 g/mol. The molecule has 2 aromatic rings. The summed E-state index contributed by atoms with van der Waals surface area (Å²) < 4.78 is 0.807. The molecule has 20 heavy (non-hydrogen) atoms. The number of carbonyl (C=O) groups excluding carboxylic acids is 1. The van der Waals surface area contributed by atoms with Gasteiger partial charge in [0.25, 0.3) is 5.91 Å². The van der Waals surface area contributed by atoms with Gasteiger partial charge in [0.1, 0.15) is 0 Å². The van der Waals surface area contributed by atoms with Crippen molar-refractivity contribution in [3.63, 3.8) is 0 Å². The molecule has 0 atom stereocenters. The highest BCUT2D eigenvalue weighted by atomic mass is 79.9. The van der Waals surface area contributed by atoms with Crippen LogP contribution < -0.4 is 11.1 Å². The zero-order valence-corrected chi connectivity index (χ0v) is 12.0. The Labute approximate surface area is 124 Å². The molecular formula is C14H12BrN3O2. The molecule has 0 aromatic heterocycles. The standard InChI is InChI=1S/C14H12BrN3O2/c15-11-3-1-2-4-12(11)17-14(19)10-7-5-9(6-8-10)13(16)18-20/h1-8,20H,(H2,16,18)(H,17,19). The van der Waals surface area contributed by atoms with Crippen LogP contribution in [-0.4, -0.2) is 17.0 Å². The molecule has 102 valence electrons. The normalized spacial score (nSPS) is 11.2. The Morgan fingerprint density at radius 3 is 2.30 bits per heavy atom. The van der Waals surface area contributed by atoms with Gasteiger partial charge in [-0.2, -0.15) is 0 Å². The van der Waals surface area contributed by atoms with Crippen molar-refractivity contribution in [2.24, 2.45) is 10.9 Å². The number of halogens is 1. The van der Waals surface area contributed by atoms with Crippen molar-refractivity contribution in [1.82, 2.24) is 0 Å². The third-order valence-electron chi connectivity index (χ3n) is 2.67. The highest BCUT2D eigenvalue weighted by molar-refractivity contribution is 9.10. The Bertz CT molecular complexity index is 654. The van der Waals surface area contributed by atoms with Gasteiger partial charge in [0.15, 0.2) is 5.84 Å². The number of amidine groups is 1. The molecule has 6 heteroatoms. The Hall–Kier alpha value is -2.34. The fourth-order valence-electron chi connectivity index (χ4n) is 1.61. The second kappa shape index (κ2) is 6.21. The molecule has 0 unspecified atom stereocenters. The molecule has 0 fully saturated rings. The molecule has 1 amide bonds. The third-order valence-corrected chi connectivity index (χ3v) is 3.36. The number of amides is 1. The van der Waals surface area contributed by atoms with E-state index < -0.39 is 0 Å². The van der Waals surface area contributed by atoms with Crippen LogP contribution in [0.4, 0.5) is 5.69 Å². The van der Waals surface area contributed by atoms with Gasteiger partial charge in [-0.15, -0.1) is 0 Å². The van der Waals surface area contributed by atoms with Crippen LogP contribution in [0.1, 0.15) is 15.9 Å². The van der Waals surface area contributed by atoms with Crippen LogP contribution in [0.2, 0.25) is 0 Å². The molecule has 0 saturated heterocycles. The fourth-order valence-corrected chi connectivity index (χ4v) is 1.99. The number of hydrogen-bond acceptors (Lipinski definition) is 3. The quantitative estimate of drug-likeness (QED) is 0.349. The van der Waals surface area contributed by atoms with Crippen molar-refractivity contribution in [2.45, 2.75) is 0 Å². The average Bonchev–Trinajstić information content (AvgIpc) is 2.49. The second-order valence-corrected chi connectivity index (χ2v) is 4.85. The highest BCUT2D eigenvalue weighted by Gasteiger charge is 2.08. The summed E-state index contributed by atoms with van der Waals surface area (Å²) in [5.41, 5.74) is 7.18. The summed E-state index contributed by atoms with van der Waals surface area (Å²) in [5, 5.41) is 14.3. The molecule has 0 bridgehead atoms. The third kappa shape index (κ3) is 3.16. The maximum atomic E-state index is 12.1. The summed E-state index contributed by atoms with van der Waals surface area (Å²) in [6, 6.07) is 13.8. The van der Waals surface area contributed by atoms with E-state index in [2.05, 4.69) is 26.4 Å². The van der Waals surface area contributed by atoms with Gasteiger partial charge in [-0.1, -0.05) is 29.4 Å². The smallest absolute Gasteiger partial charge is 0.255 e. The van der Waals surface area contributed by atoms with Crippen molar-refractivity contribution in [3.8, 4) is 0 Å². The minimum atomic E-state index is -0.233. The zero-order valence-electron chi connectivity index (χ0n) is 10.4. The van der Waals surface area contributed by atoms with Crippen LogP contribution in [0, 0.1) is 0 Å². The van der Waals surface area contributed by atoms with Crippen LogP contribution in [0.3, 0.4) is 0 Å². The summed E-state index contributed by atoms with van der Waals surface area (Å²) >= 11 is 3.36. The van der Waals surface area contributed by atoms with Crippen LogP contribution in [0.5, 0.6) is 0 Å². The van der Waals surface area contributed by atoms with Gasteiger partial charge in [-0.05, 0) is 40.2 Å². The van der Waals surface area contributed by atoms with Crippen LogP contribution in [-0.2, 0) is 0 Å². The van der Waals surface area contributed by atoms with E-state index in [1.54, 1.807) is 30.3 Å². The molecule has 0 radical (unpaired) electrons. The first kappa shape index (κ1) is 14.1. The van der Waals surface area contributed by atoms with E-state index in [0.717, 1.165) is 4.47 Å². The number of benzene rings is 2. The number of carbonyl (C=O) groups is 1. The molecule has 0 aliphatic carbocycles. The number of anilines is 1. The van der Waals surface area contributed by atoms with E-state index in [0.29, 0.717) is 16.8 Å². The maximum Gasteiger partial charge on any atom is 0.255 e. The van der Waals surface area contributed by atoms with Crippen molar-refractivity contribution < 1.29 is 10.0 Å². The van der Waals surface area contributed by atoms with E-state index in [-0.39, 0.29) is 11.7 Å².